The van der Waals surface area contributed by atoms with Gasteiger partial charge in [-0.3, -0.25) is 14.8 Å². The van der Waals surface area contributed by atoms with Crippen LogP contribution in [0.5, 0.6) is 0 Å². The van der Waals surface area contributed by atoms with Crippen LogP contribution in [0.4, 0.5) is 5.82 Å². The molecule has 0 saturated carbocycles. The number of amides is 1. The second-order valence-electron chi connectivity index (χ2n) is 5.44. The van der Waals surface area contributed by atoms with Crippen molar-refractivity contribution in [3.8, 4) is 0 Å². The topological polar surface area (TPSA) is 92.7 Å². The summed E-state index contributed by atoms with van der Waals surface area (Å²) in [6, 6.07) is 9.22. The minimum atomic E-state index is -0.249. The predicted octanol–water partition coefficient (Wildman–Crippen LogP) is 2.12. The van der Waals surface area contributed by atoms with Gasteiger partial charge in [-0.15, -0.1) is 0 Å². The molecule has 0 radical (unpaired) electrons. The fraction of sp³-hybridized carbons (Fsp3) is 0.167. The Morgan fingerprint density at radius 3 is 2.60 bits per heavy atom. The SMILES string of the molecule is Cc1nc(NCc2ccncc2)cc(C(=O)NCc2cccnc2)n1. The minimum Gasteiger partial charge on any atom is -0.366 e. The zero-order valence-corrected chi connectivity index (χ0v) is 13.8. The Balaban J connectivity index is 1.65. The van der Waals surface area contributed by atoms with Gasteiger partial charge < -0.3 is 10.6 Å². The molecule has 0 bridgehead atoms. The number of hydrogen-bond donors (Lipinski definition) is 2. The van der Waals surface area contributed by atoms with Gasteiger partial charge in [-0.25, -0.2) is 9.97 Å². The highest BCUT2D eigenvalue weighted by Gasteiger charge is 2.10. The van der Waals surface area contributed by atoms with E-state index in [1.54, 1.807) is 37.8 Å². The average molecular weight is 334 g/mol. The molecule has 0 saturated heterocycles. The van der Waals surface area contributed by atoms with Crippen LogP contribution in [0.15, 0.2) is 55.1 Å². The van der Waals surface area contributed by atoms with Crippen LogP contribution in [0.2, 0.25) is 0 Å². The van der Waals surface area contributed by atoms with E-state index in [9.17, 15) is 4.79 Å². The van der Waals surface area contributed by atoms with Gasteiger partial charge in [0.15, 0.2) is 0 Å². The molecule has 1 amide bonds. The smallest absolute Gasteiger partial charge is 0.270 e. The molecule has 0 aliphatic heterocycles. The molecule has 7 nitrogen and oxygen atoms in total. The molecule has 0 aromatic carbocycles. The molecule has 3 aromatic rings. The molecule has 7 heteroatoms. The number of hydrogen-bond acceptors (Lipinski definition) is 6. The molecule has 3 aromatic heterocycles. The van der Waals surface area contributed by atoms with E-state index in [4.69, 9.17) is 0 Å². The van der Waals surface area contributed by atoms with E-state index in [1.165, 1.54) is 0 Å². The zero-order chi connectivity index (χ0) is 17.5. The Kier molecular flexibility index (Phi) is 5.26. The number of carbonyl (C=O) groups is 1. The highest BCUT2D eigenvalue weighted by atomic mass is 16.1. The first-order valence-corrected chi connectivity index (χ1v) is 7.86. The van der Waals surface area contributed by atoms with Crippen LogP contribution >= 0.6 is 0 Å². The zero-order valence-electron chi connectivity index (χ0n) is 13.8. The molecular weight excluding hydrogens is 316 g/mol. The van der Waals surface area contributed by atoms with Gasteiger partial charge in [-0.2, -0.15) is 0 Å². The van der Waals surface area contributed by atoms with Crippen LogP contribution in [0.1, 0.15) is 27.4 Å². The average Bonchev–Trinajstić information content (AvgIpc) is 2.66. The van der Waals surface area contributed by atoms with E-state index in [2.05, 4.69) is 30.6 Å². The molecule has 0 unspecified atom stereocenters. The number of anilines is 1. The van der Waals surface area contributed by atoms with E-state index in [-0.39, 0.29) is 5.91 Å². The highest BCUT2D eigenvalue weighted by Crippen LogP contribution is 2.09. The molecule has 0 spiro atoms. The first-order valence-electron chi connectivity index (χ1n) is 7.86. The van der Waals surface area contributed by atoms with Gasteiger partial charge in [0.25, 0.3) is 5.91 Å². The number of carbonyl (C=O) groups excluding carboxylic acids is 1. The first-order chi connectivity index (χ1) is 12.2. The normalized spacial score (nSPS) is 10.3. The molecule has 0 fully saturated rings. The van der Waals surface area contributed by atoms with Crippen molar-refractivity contribution in [3.05, 3.63) is 77.8 Å². The number of nitrogens with one attached hydrogen (secondary N) is 2. The molecule has 0 aliphatic rings. The van der Waals surface area contributed by atoms with Crippen molar-refractivity contribution in [2.24, 2.45) is 0 Å². The summed E-state index contributed by atoms with van der Waals surface area (Å²) >= 11 is 0. The molecule has 25 heavy (non-hydrogen) atoms. The van der Waals surface area contributed by atoms with Crippen LogP contribution in [-0.4, -0.2) is 25.8 Å². The van der Waals surface area contributed by atoms with E-state index in [1.807, 2.05) is 24.3 Å². The van der Waals surface area contributed by atoms with Gasteiger partial charge in [0.2, 0.25) is 0 Å². The molecule has 0 atom stereocenters. The number of pyridine rings is 2. The molecule has 3 rings (SSSR count). The number of rotatable bonds is 6. The van der Waals surface area contributed by atoms with Crippen LogP contribution in [0.3, 0.4) is 0 Å². The van der Waals surface area contributed by atoms with Crippen LogP contribution in [0.25, 0.3) is 0 Å². The monoisotopic (exact) mass is 334 g/mol. The van der Waals surface area contributed by atoms with Crippen molar-refractivity contribution >= 4 is 11.7 Å². The van der Waals surface area contributed by atoms with Gasteiger partial charge in [-0.1, -0.05) is 6.07 Å². The number of aryl methyl sites for hydroxylation is 1. The lowest BCUT2D eigenvalue weighted by molar-refractivity contribution is 0.0945. The van der Waals surface area contributed by atoms with Crippen molar-refractivity contribution in [1.82, 2.24) is 25.3 Å². The summed E-state index contributed by atoms with van der Waals surface area (Å²) < 4.78 is 0. The summed E-state index contributed by atoms with van der Waals surface area (Å²) in [6.45, 7) is 2.75. The third-order valence-corrected chi connectivity index (χ3v) is 3.47. The summed E-state index contributed by atoms with van der Waals surface area (Å²) in [5, 5.41) is 6.04. The molecule has 2 N–H and O–H groups in total. The maximum absolute atomic E-state index is 12.3. The second kappa shape index (κ2) is 7.96. The summed E-state index contributed by atoms with van der Waals surface area (Å²) in [5.74, 6) is 0.892. The van der Waals surface area contributed by atoms with Gasteiger partial charge in [0.05, 0.1) is 0 Å². The summed E-state index contributed by atoms with van der Waals surface area (Å²) in [7, 11) is 0. The fourth-order valence-corrected chi connectivity index (χ4v) is 2.24. The summed E-state index contributed by atoms with van der Waals surface area (Å²) in [4.78, 5) is 28.9. The van der Waals surface area contributed by atoms with Crippen molar-refractivity contribution in [1.29, 1.82) is 0 Å². The quantitative estimate of drug-likeness (QED) is 0.717. The predicted molar refractivity (Wildman–Crippen MR) is 93.7 cm³/mol. The maximum atomic E-state index is 12.3. The third kappa shape index (κ3) is 4.81. The van der Waals surface area contributed by atoms with Crippen molar-refractivity contribution in [2.75, 3.05) is 5.32 Å². The van der Waals surface area contributed by atoms with E-state index < -0.39 is 0 Å². The van der Waals surface area contributed by atoms with Gasteiger partial charge in [0.1, 0.15) is 17.3 Å². The Bertz CT molecular complexity index is 839. The Labute approximate surface area is 145 Å². The van der Waals surface area contributed by atoms with Gasteiger partial charge >= 0.3 is 0 Å². The van der Waals surface area contributed by atoms with Crippen LogP contribution in [0, 0.1) is 6.92 Å². The van der Waals surface area contributed by atoms with Gasteiger partial charge in [0, 0.05) is 43.9 Å². The molecule has 3 heterocycles. The standard InChI is InChI=1S/C18H18N6O/c1-13-23-16(18(25)22-12-15-3-2-6-20-10-15)9-17(24-13)21-11-14-4-7-19-8-5-14/h2-10H,11-12H2,1H3,(H,22,25)(H,21,23,24). The number of nitrogens with zero attached hydrogens (tertiary/aromatic N) is 4. The lowest BCUT2D eigenvalue weighted by Gasteiger charge is -2.09. The molecule has 0 aliphatic carbocycles. The Morgan fingerprint density at radius 1 is 1.00 bits per heavy atom. The third-order valence-electron chi connectivity index (χ3n) is 3.47. The second-order valence-corrected chi connectivity index (χ2v) is 5.44. The Hall–Kier alpha value is -3.35. The summed E-state index contributed by atoms with van der Waals surface area (Å²) in [6.07, 6.45) is 6.88. The Morgan fingerprint density at radius 2 is 1.84 bits per heavy atom. The number of aromatic nitrogens is 4. The first kappa shape index (κ1) is 16.5. The van der Waals surface area contributed by atoms with E-state index in [0.717, 1.165) is 11.1 Å². The van der Waals surface area contributed by atoms with Crippen LogP contribution < -0.4 is 10.6 Å². The van der Waals surface area contributed by atoms with E-state index >= 15 is 0 Å². The van der Waals surface area contributed by atoms with Gasteiger partial charge in [-0.05, 0) is 36.2 Å². The highest BCUT2D eigenvalue weighted by molar-refractivity contribution is 5.92. The lowest BCUT2D eigenvalue weighted by atomic mass is 10.2. The van der Waals surface area contributed by atoms with Crippen LogP contribution in [-0.2, 0) is 13.1 Å². The van der Waals surface area contributed by atoms with Crippen molar-refractivity contribution < 1.29 is 4.79 Å². The molecular formula is C18H18N6O. The van der Waals surface area contributed by atoms with Crippen molar-refractivity contribution in [2.45, 2.75) is 20.0 Å². The molecule has 126 valence electrons. The maximum Gasteiger partial charge on any atom is 0.270 e. The largest absolute Gasteiger partial charge is 0.366 e. The van der Waals surface area contributed by atoms with E-state index in [0.29, 0.717) is 30.4 Å². The lowest BCUT2D eigenvalue weighted by Crippen LogP contribution is -2.24. The minimum absolute atomic E-state index is 0.249. The fourth-order valence-electron chi connectivity index (χ4n) is 2.24. The van der Waals surface area contributed by atoms with Crippen molar-refractivity contribution in [3.63, 3.8) is 0 Å². The summed E-state index contributed by atoms with van der Waals surface area (Å²) in [5.41, 5.74) is 2.33.